The summed E-state index contributed by atoms with van der Waals surface area (Å²) in [6, 6.07) is 7.34. The average molecular weight is 515 g/mol. The summed E-state index contributed by atoms with van der Waals surface area (Å²) in [5.74, 6) is 1.25. The van der Waals surface area contributed by atoms with E-state index in [0.717, 1.165) is 20.7 Å². The van der Waals surface area contributed by atoms with Gasteiger partial charge >= 0.3 is 12.2 Å². The largest absolute Gasteiger partial charge is 0.489 e. The van der Waals surface area contributed by atoms with Gasteiger partial charge in [0.05, 0.1) is 15.7 Å². The van der Waals surface area contributed by atoms with Crippen LogP contribution in [0, 0.1) is 5.92 Å². The first-order chi connectivity index (χ1) is 16.8. The predicted octanol–water partition coefficient (Wildman–Crippen LogP) is 6.18. The van der Waals surface area contributed by atoms with Gasteiger partial charge in [-0.3, -0.25) is 4.90 Å². The number of aromatic nitrogens is 2. The molecule has 2 heterocycles. The van der Waals surface area contributed by atoms with Gasteiger partial charge in [-0.05, 0) is 69.9 Å². The van der Waals surface area contributed by atoms with Crippen LogP contribution in [-0.2, 0) is 4.74 Å². The molecule has 1 atom stereocenters. The van der Waals surface area contributed by atoms with E-state index in [4.69, 9.17) is 9.47 Å². The average Bonchev–Trinajstić information content (AvgIpc) is 3.25. The Bertz CT molecular complexity index is 1240. The minimum Gasteiger partial charge on any atom is -0.489 e. The number of carbonyl (C=O) groups excluding carboxylic acids is 1. The number of nitrogens with zero attached hydrogens (tertiary/aromatic N) is 3. The third-order valence-electron chi connectivity index (χ3n) is 5.34. The Balaban J connectivity index is 1.87. The minimum absolute atomic E-state index is 0.235. The molecule has 9 nitrogen and oxygen atoms in total. The van der Waals surface area contributed by atoms with Gasteiger partial charge in [-0.2, -0.15) is 0 Å². The van der Waals surface area contributed by atoms with Crippen molar-refractivity contribution in [3.8, 4) is 16.9 Å². The number of pyridine rings is 1. The Morgan fingerprint density at radius 1 is 1.17 bits per heavy atom. The molecule has 0 aliphatic rings. The van der Waals surface area contributed by atoms with E-state index in [1.54, 1.807) is 17.8 Å². The molecule has 0 radical (unpaired) electrons. The molecule has 10 heteroatoms. The normalized spacial score (nSPS) is 13.3. The van der Waals surface area contributed by atoms with Gasteiger partial charge < -0.3 is 19.9 Å². The molecule has 0 aliphatic carbocycles. The van der Waals surface area contributed by atoms with Crippen LogP contribution < -0.4 is 15.0 Å². The smallest absolute Gasteiger partial charge is 0.412 e. The summed E-state index contributed by atoms with van der Waals surface area (Å²) < 4.78 is 12.6. The summed E-state index contributed by atoms with van der Waals surface area (Å²) >= 11 is 1.47. The molecule has 0 aliphatic heterocycles. The van der Waals surface area contributed by atoms with E-state index in [1.165, 1.54) is 18.4 Å². The number of anilines is 1. The van der Waals surface area contributed by atoms with Crippen LogP contribution in [0.3, 0.4) is 0 Å². The number of nitrogens with one attached hydrogen (secondary N) is 1. The van der Waals surface area contributed by atoms with Gasteiger partial charge in [-0.25, -0.2) is 19.6 Å². The lowest BCUT2D eigenvalue weighted by atomic mass is 9.91. The second kappa shape index (κ2) is 10.7. The number of fused-ring (bicyclic) bond motifs is 1. The van der Waals surface area contributed by atoms with Gasteiger partial charge in [0.1, 0.15) is 29.3 Å². The molecule has 3 aromatic rings. The molecule has 2 N–H and O–H groups in total. The molecule has 0 spiro atoms. The van der Waals surface area contributed by atoms with Crippen molar-refractivity contribution in [1.29, 1.82) is 0 Å². The molecule has 1 unspecified atom stereocenters. The summed E-state index contributed by atoms with van der Waals surface area (Å²) in [7, 11) is 1.45. The van der Waals surface area contributed by atoms with Crippen LogP contribution in [0.4, 0.5) is 15.4 Å². The second-order valence-corrected chi connectivity index (χ2v) is 11.3. The summed E-state index contributed by atoms with van der Waals surface area (Å²) in [5.41, 5.74) is 2.92. The van der Waals surface area contributed by atoms with E-state index in [1.807, 2.05) is 45.9 Å². The molecule has 3 rings (SSSR count). The third-order valence-corrected chi connectivity index (χ3v) is 6.20. The predicted molar refractivity (Wildman–Crippen MR) is 142 cm³/mol. The lowest BCUT2D eigenvalue weighted by molar-refractivity contribution is 0.0408. The van der Waals surface area contributed by atoms with Crippen molar-refractivity contribution >= 4 is 39.6 Å². The number of amides is 2. The molecule has 36 heavy (non-hydrogen) atoms. The van der Waals surface area contributed by atoms with E-state index in [9.17, 15) is 14.7 Å². The van der Waals surface area contributed by atoms with Crippen LogP contribution in [0.15, 0.2) is 36.0 Å². The highest BCUT2D eigenvalue weighted by Gasteiger charge is 2.31. The fraction of sp³-hybridized carbons (Fsp3) is 0.462. The number of carboxylic acid groups (broad SMARTS) is 1. The van der Waals surface area contributed by atoms with Crippen LogP contribution >= 0.6 is 11.3 Å². The van der Waals surface area contributed by atoms with Gasteiger partial charge in [-0.15, -0.1) is 11.3 Å². The van der Waals surface area contributed by atoms with Gasteiger partial charge in [-0.1, -0.05) is 13.8 Å². The molecule has 2 aromatic heterocycles. The van der Waals surface area contributed by atoms with E-state index < -0.39 is 23.3 Å². The zero-order valence-corrected chi connectivity index (χ0v) is 22.6. The molecular weight excluding hydrogens is 480 g/mol. The van der Waals surface area contributed by atoms with Gasteiger partial charge in [0.2, 0.25) is 0 Å². The number of ether oxygens (including phenoxy) is 2. The minimum atomic E-state index is -1.09. The molecule has 0 fully saturated rings. The zero-order chi connectivity index (χ0) is 26.7. The Morgan fingerprint density at radius 2 is 1.89 bits per heavy atom. The molecule has 0 saturated heterocycles. The van der Waals surface area contributed by atoms with Crippen LogP contribution in [0.25, 0.3) is 21.3 Å². The van der Waals surface area contributed by atoms with Gasteiger partial charge in [0.25, 0.3) is 0 Å². The summed E-state index contributed by atoms with van der Waals surface area (Å²) in [6.07, 6.45) is 0.710. The van der Waals surface area contributed by atoms with E-state index in [2.05, 4.69) is 29.1 Å². The van der Waals surface area contributed by atoms with E-state index in [0.29, 0.717) is 29.4 Å². The standard InChI is InChI=1S/C26H34N4O5S/c1-16(2)13-26(6,29-23(31)35-25(3,4)5)14-34-19-9-8-18(22-21(19)28-15-36-22)17-10-11-27-20(12-17)30(7)24(32)33/h8-12,15-16H,13-14H2,1-7H3,(H,29,31)(H,32,33). The van der Waals surface area contributed by atoms with Crippen molar-refractivity contribution in [2.45, 2.75) is 59.1 Å². The Labute approximate surface area is 215 Å². The molecule has 0 bridgehead atoms. The number of benzene rings is 1. The van der Waals surface area contributed by atoms with Crippen molar-refractivity contribution < 1.29 is 24.2 Å². The van der Waals surface area contributed by atoms with Crippen LogP contribution in [0.1, 0.15) is 48.0 Å². The summed E-state index contributed by atoms with van der Waals surface area (Å²) in [6.45, 7) is 11.8. The van der Waals surface area contributed by atoms with E-state index >= 15 is 0 Å². The van der Waals surface area contributed by atoms with Gasteiger partial charge in [0.15, 0.2) is 0 Å². The van der Waals surface area contributed by atoms with E-state index in [-0.39, 0.29) is 6.61 Å². The fourth-order valence-electron chi connectivity index (χ4n) is 3.97. The highest BCUT2D eigenvalue weighted by Crippen LogP contribution is 2.37. The maximum absolute atomic E-state index is 12.5. The number of alkyl carbamates (subject to hydrolysis) is 1. The maximum Gasteiger partial charge on any atom is 0.412 e. The lowest BCUT2D eigenvalue weighted by Crippen LogP contribution is -2.52. The highest BCUT2D eigenvalue weighted by molar-refractivity contribution is 7.17. The molecular formula is C26H34N4O5S. The first-order valence-electron chi connectivity index (χ1n) is 11.7. The summed E-state index contributed by atoms with van der Waals surface area (Å²) in [4.78, 5) is 33.6. The Kier molecular flexibility index (Phi) is 8.08. The first-order valence-corrected chi connectivity index (χ1v) is 12.6. The summed E-state index contributed by atoms with van der Waals surface area (Å²) in [5, 5.41) is 12.3. The molecule has 1 aromatic carbocycles. The first kappa shape index (κ1) is 27.2. The van der Waals surface area contributed by atoms with Gasteiger partial charge in [0, 0.05) is 18.8 Å². The topological polar surface area (TPSA) is 114 Å². The van der Waals surface area contributed by atoms with Crippen molar-refractivity contribution in [3.63, 3.8) is 0 Å². The quantitative estimate of drug-likeness (QED) is 0.369. The maximum atomic E-state index is 12.5. The lowest BCUT2D eigenvalue weighted by Gasteiger charge is -2.33. The Morgan fingerprint density at radius 3 is 2.53 bits per heavy atom. The number of carbonyl (C=O) groups is 2. The number of thiazole rings is 1. The number of hydrogen-bond donors (Lipinski definition) is 2. The SMILES string of the molecule is CC(C)CC(C)(COc1ccc(-c2ccnc(N(C)C(=O)O)c2)c2scnc12)NC(=O)OC(C)(C)C. The Hall–Kier alpha value is -3.40. The van der Waals surface area contributed by atoms with Crippen molar-refractivity contribution in [1.82, 2.24) is 15.3 Å². The van der Waals surface area contributed by atoms with Crippen LogP contribution in [0.2, 0.25) is 0 Å². The second-order valence-electron chi connectivity index (χ2n) is 10.5. The molecule has 194 valence electrons. The van der Waals surface area contributed by atoms with Crippen molar-refractivity contribution in [2.24, 2.45) is 5.92 Å². The fourth-order valence-corrected chi connectivity index (χ4v) is 4.81. The highest BCUT2D eigenvalue weighted by atomic mass is 32.1. The monoisotopic (exact) mass is 514 g/mol. The molecule has 0 saturated carbocycles. The number of rotatable bonds is 8. The van der Waals surface area contributed by atoms with Crippen LogP contribution in [0.5, 0.6) is 5.75 Å². The zero-order valence-electron chi connectivity index (χ0n) is 21.8. The number of hydrogen-bond acceptors (Lipinski definition) is 7. The van der Waals surface area contributed by atoms with Crippen molar-refractivity contribution in [2.75, 3.05) is 18.6 Å². The third kappa shape index (κ3) is 6.84. The van der Waals surface area contributed by atoms with Crippen LogP contribution in [-0.4, -0.2) is 52.1 Å². The van der Waals surface area contributed by atoms with Crippen molar-refractivity contribution in [3.05, 3.63) is 36.0 Å². The molecule has 2 amide bonds.